The molecule has 0 aromatic heterocycles. The van der Waals surface area contributed by atoms with E-state index in [1.165, 1.54) is 0 Å². The van der Waals surface area contributed by atoms with Crippen LogP contribution in [0.25, 0.3) is 0 Å². The van der Waals surface area contributed by atoms with Gasteiger partial charge in [-0.2, -0.15) is 0 Å². The molecule has 0 aromatic carbocycles. The highest BCUT2D eigenvalue weighted by molar-refractivity contribution is 6.04. The Hall–Kier alpha value is -6.88. The van der Waals surface area contributed by atoms with Crippen LogP contribution in [0.2, 0.25) is 0 Å². The first-order valence-corrected chi connectivity index (χ1v) is 29.8. The first kappa shape index (κ1) is 59.3. The van der Waals surface area contributed by atoms with Gasteiger partial charge >= 0.3 is 95.5 Å². The fraction of sp³-hybridized carbons (Fsp3) is 0.729. The SMILES string of the molecule is CC.CC.O=C1OC(=O)C2C3CC(C12)C1C(=O)OC(=O)C31.O=C1OC(=O)C2C3CCC(C3)C12.O=C1OC(=O)C2C3CCC(C3)C12.O=C1OC(=O)C2CC3C(=O)OC(=O)C3CC12.O=C1OC(=O)C2CCCCC12.O=C1OC(=O)C2CCCCC12. The van der Waals surface area contributed by atoms with Crippen LogP contribution in [-0.2, 0) is 115 Å². The van der Waals surface area contributed by atoms with Crippen LogP contribution in [0.3, 0.4) is 0 Å². The number of rotatable bonds is 0. The van der Waals surface area contributed by atoms with E-state index in [4.69, 9.17) is 0 Å². The monoisotopic (exact) mass is 1160 g/mol. The van der Waals surface area contributed by atoms with Gasteiger partial charge in [-0.3, -0.25) is 76.7 Å². The van der Waals surface area contributed by atoms with E-state index in [-0.39, 0.29) is 120 Å². The summed E-state index contributed by atoms with van der Waals surface area (Å²) in [7, 11) is 0. The Kier molecular flexibility index (Phi) is 16.9. The van der Waals surface area contributed by atoms with Crippen LogP contribution in [0.5, 0.6) is 0 Å². The number of ether oxygens (including phenoxy) is 8. The number of fused-ring (bicyclic) bond motifs is 22. The molecule has 17 fully saturated rings. The van der Waals surface area contributed by atoms with E-state index >= 15 is 0 Å². The topological polar surface area (TPSA) is 347 Å². The number of hydrogen-bond acceptors (Lipinski definition) is 24. The van der Waals surface area contributed by atoms with Crippen LogP contribution in [0.1, 0.15) is 137 Å². The number of cyclic esters (lactones) is 16. The third-order valence-electron chi connectivity index (χ3n) is 20.7. The lowest BCUT2D eigenvalue weighted by molar-refractivity contribution is -0.158. The second-order valence-electron chi connectivity index (χ2n) is 24.2. The van der Waals surface area contributed by atoms with Crippen molar-refractivity contribution in [3.8, 4) is 0 Å². The van der Waals surface area contributed by atoms with E-state index in [9.17, 15) is 76.7 Å². The van der Waals surface area contributed by atoms with Gasteiger partial charge in [0.25, 0.3) is 0 Å². The van der Waals surface area contributed by atoms with E-state index in [0.717, 1.165) is 89.9 Å². The zero-order chi connectivity index (χ0) is 59.6. The molecular weight excluding hydrogens is 1090 g/mol. The molecule has 0 amide bonds. The molecule has 20 unspecified atom stereocenters. The van der Waals surface area contributed by atoms with Gasteiger partial charge in [0.15, 0.2) is 0 Å². The minimum absolute atomic E-state index is 0.0590. The third-order valence-corrected chi connectivity index (χ3v) is 20.7. The normalized spacial score (nSPS) is 42.6. The van der Waals surface area contributed by atoms with Gasteiger partial charge in [-0.25, -0.2) is 0 Å². The van der Waals surface area contributed by atoms with Crippen molar-refractivity contribution in [2.75, 3.05) is 0 Å². The Bertz CT molecular complexity index is 2470. The van der Waals surface area contributed by atoms with Crippen LogP contribution in [0.15, 0.2) is 0 Å². The Morgan fingerprint density at radius 3 is 0.602 bits per heavy atom. The first-order valence-electron chi connectivity index (χ1n) is 29.8. The highest BCUT2D eigenvalue weighted by atomic mass is 16.6. The number of carbonyl (C=O) groups excluding carboxylic acids is 16. The molecule has 0 N–H and O–H groups in total. The quantitative estimate of drug-likeness (QED) is 0.188. The Morgan fingerprint density at radius 1 is 0.205 bits per heavy atom. The molecule has 0 spiro atoms. The molecule has 0 radical (unpaired) electrons. The molecule has 0 aromatic rings. The lowest BCUT2D eigenvalue weighted by atomic mass is 9.70. The molecule has 17 aliphatic rings. The minimum Gasteiger partial charge on any atom is -0.393 e. The van der Waals surface area contributed by atoms with E-state index in [2.05, 4.69) is 37.9 Å². The highest BCUT2D eigenvalue weighted by Crippen LogP contribution is 2.63. The van der Waals surface area contributed by atoms with Crippen molar-refractivity contribution >= 4 is 95.5 Å². The van der Waals surface area contributed by atoms with E-state index in [0.29, 0.717) is 30.1 Å². The predicted octanol–water partition coefficient (Wildman–Crippen LogP) is 3.95. The van der Waals surface area contributed by atoms with Gasteiger partial charge in [0.2, 0.25) is 0 Å². The van der Waals surface area contributed by atoms with Crippen molar-refractivity contribution in [1.82, 2.24) is 0 Å². The number of esters is 16. The summed E-state index contributed by atoms with van der Waals surface area (Å²) in [5, 5.41) is 0. The van der Waals surface area contributed by atoms with E-state index in [1.54, 1.807) is 0 Å². The second kappa shape index (κ2) is 23.6. The Morgan fingerprint density at radius 2 is 0.386 bits per heavy atom. The van der Waals surface area contributed by atoms with Crippen molar-refractivity contribution in [2.24, 2.45) is 130 Å². The molecule has 8 aliphatic heterocycles. The van der Waals surface area contributed by atoms with Gasteiger partial charge in [0.05, 0.1) is 94.7 Å². The standard InChI is InChI=1S/C11H8O6.C10H8O6.2C9H10O3.2C8H10O3.2C2H6/c12-8-4-2-1-3(6(4)10(14)16-8)7-5(2)9(13)17-11(7)15;11-7-3-1-4-6(10(14)16-8(4)12)2-5(3)9(13)15-7;2*10-8-6-4-1-2-5(3-4)7(6)9(11)12-8;2*9-7-5-3-1-2-4-6(5)8(10)11-7;2*1-2/h2-7H,1H2;3-6H,1-2H2;2*4-7H,1-3H2;2*5-6H,1-4H2;2*1-2H3. The number of carbonyl (C=O) groups is 16. The maximum absolute atomic E-state index is 11.6. The molecule has 83 heavy (non-hydrogen) atoms. The molecule has 8 saturated heterocycles. The molecule has 20 atom stereocenters. The smallest absolute Gasteiger partial charge is 0.317 e. The van der Waals surface area contributed by atoms with Crippen LogP contribution in [0.4, 0.5) is 0 Å². The van der Waals surface area contributed by atoms with E-state index < -0.39 is 95.1 Å². The summed E-state index contributed by atoms with van der Waals surface area (Å²) in [4.78, 5) is 180. The maximum Gasteiger partial charge on any atom is 0.317 e. The molecule has 448 valence electrons. The van der Waals surface area contributed by atoms with Crippen molar-refractivity contribution < 1.29 is 115 Å². The summed E-state index contributed by atoms with van der Waals surface area (Å²) in [5.74, 6) is -10.5. The van der Waals surface area contributed by atoms with Gasteiger partial charge in [-0.05, 0) is 119 Å². The third kappa shape index (κ3) is 10.3. The lowest BCUT2D eigenvalue weighted by Crippen LogP contribution is -2.37. The fourth-order valence-electron chi connectivity index (χ4n) is 17.2. The summed E-state index contributed by atoms with van der Waals surface area (Å²) in [5.41, 5.74) is 0. The largest absolute Gasteiger partial charge is 0.393 e. The van der Waals surface area contributed by atoms with Gasteiger partial charge in [0.1, 0.15) is 0 Å². The summed E-state index contributed by atoms with van der Waals surface area (Å²) in [6.07, 6.45) is 15.2. The molecule has 8 heterocycles. The average molecular weight is 1160 g/mol. The van der Waals surface area contributed by atoms with Crippen molar-refractivity contribution in [2.45, 2.75) is 137 Å². The van der Waals surface area contributed by atoms with Crippen molar-refractivity contribution in [3.05, 3.63) is 0 Å². The predicted molar refractivity (Wildman–Crippen MR) is 267 cm³/mol. The van der Waals surface area contributed by atoms with Gasteiger partial charge in [-0.1, -0.05) is 53.4 Å². The summed E-state index contributed by atoms with van der Waals surface area (Å²) >= 11 is 0. The Labute approximate surface area is 475 Å². The minimum atomic E-state index is -0.583. The second-order valence-corrected chi connectivity index (χ2v) is 24.2. The van der Waals surface area contributed by atoms with Crippen LogP contribution >= 0.6 is 0 Å². The van der Waals surface area contributed by atoms with Gasteiger partial charge in [-0.15, -0.1) is 0 Å². The molecule has 17 rings (SSSR count). The summed E-state index contributed by atoms with van der Waals surface area (Å²) in [6.45, 7) is 8.00. The zero-order valence-electron chi connectivity index (χ0n) is 46.5. The van der Waals surface area contributed by atoms with Crippen LogP contribution in [0, 0.1) is 130 Å². The molecule has 6 bridgehead atoms. The summed E-state index contributed by atoms with van der Waals surface area (Å²) < 4.78 is 36.5. The number of hydrogen-bond donors (Lipinski definition) is 0. The average Bonchev–Trinajstić information content (AvgIpc) is 2.42. The zero-order valence-corrected chi connectivity index (χ0v) is 46.5. The van der Waals surface area contributed by atoms with Crippen molar-refractivity contribution in [1.29, 1.82) is 0 Å². The van der Waals surface area contributed by atoms with E-state index in [1.807, 2.05) is 27.7 Å². The van der Waals surface area contributed by atoms with Gasteiger partial charge < -0.3 is 37.9 Å². The summed E-state index contributed by atoms with van der Waals surface area (Å²) in [6, 6.07) is 0. The lowest BCUT2D eigenvalue weighted by Gasteiger charge is -2.25. The highest BCUT2D eigenvalue weighted by Gasteiger charge is 2.72. The molecule has 9 saturated carbocycles. The van der Waals surface area contributed by atoms with Crippen LogP contribution in [-0.4, -0.2) is 95.5 Å². The van der Waals surface area contributed by atoms with Crippen LogP contribution < -0.4 is 0 Å². The van der Waals surface area contributed by atoms with Crippen molar-refractivity contribution in [3.63, 3.8) is 0 Å². The molecule has 9 aliphatic carbocycles. The maximum atomic E-state index is 11.6. The molecular formula is C59H68O24. The molecule has 24 nitrogen and oxygen atoms in total. The first-order chi connectivity index (χ1) is 39.8. The Balaban J connectivity index is 0.000000111. The van der Waals surface area contributed by atoms with Gasteiger partial charge in [0, 0.05) is 0 Å². The fourth-order valence-corrected chi connectivity index (χ4v) is 17.2. The molecule has 24 heteroatoms.